The molecule has 0 saturated heterocycles. The summed E-state index contributed by atoms with van der Waals surface area (Å²) < 4.78 is 1.39. The van der Waals surface area contributed by atoms with Crippen molar-refractivity contribution in [2.24, 2.45) is 5.10 Å². The summed E-state index contributed by atoms with van der Waals surface area (Å²) in [5, 5.41) is 7.45. The predicted octanol–water partition coefficient (Wildman–Crippen LogP) is 2.89. The number of halogens is 1. The number of H-pyrrole nitrogens is 1. The number of aromatic nitrogens is 2. The Morgan fingerprint density at radius 2 is 1.84 bits per heavy atom. The lowest BCUT2D eigenvalue weighted by atomic mass is 10.2. The normalized spacial score (nSPS) is 11.0. The summed E-state index contributed by atoms with van der Waals surface area (Å²) in [5.41, 5.74) is 4.29. The number of hydrogen-bond acceptors (Lipinski definition) is 3. The van der Waals surface area contributed by atoms with Gasteiger partial charge in [-0.2, -0.15) is 5.10 Å². The second-order valence-corrected chi connectivity index (χ2v) is 5.77. The van der Waals surface area contributed by atoms with E-state index in [4.69, 9.17) is 11.6 Å². The molecule has 0 atom stereocenters. The molecule has 3 rings (SSSR count). The van der Waals surface area contributed by atoms with Crippen molar-refractivity contribution in [3.63, 3.8) is 0 Å². The van der Waals surface area contributed by atoms with Crippen LogP contribution in [0.1, 0.15) is 21.6 Å². The Bertz CT molecular complexity index is 973. The lowest BCUT2D eigenvalue weighted by Crippen LogP contribution is -2.20. The van der Waals surface area contributed by atoms with Gasteiger partial charge in [0.25, 0.3) is 11.5 Å². The molecule has 0 unspecified atom stereocenters. The van der Waals surface area contributed by atoms with Crippen molar-refractivity contribution in [3.05, 3.63) is 86.8 Å². The van der Waals surface area contributed by atoms with Crippen LogP contribution in [-0.2, 0) is 0 Å². The molecule has 1 amide bonds. The van der Waals surface area contributed by atoms with Crippen LogP contribution in [0, 0.1) is 6.92 Å². The fraction of sp³-hybridized carbons (Fsp3) is 0.0556. The van der Waals surface area contributed by atoms with E-state index in [1.165, 1.54) is 10.9 Å². The van der Waals surface area contributed by atoms with Gasteiger partial charge in [-0.05, 0) is 43.3 Å². The largest absolute Gasteiger partial charge is 0.295 e. The van der Waals surface area contributed by atoms with Gasteiger partial charge in [-0.15, -0.1) is 0 Å². The van der Waals surface area contributed by atoms with E-state index < -0.39 is 0 Å². The molecule has 6 nitrogen and oxygen atoms in total. The molecule has 2 aromatic carbocycles. The zero-order valence-corrected chi connectivity index (χ0v) is 14.1. The average Bonchev–Trinajstić information content (AvgIpc) is 2.91. The van der Waals surface area contributed by atoms with Crippen molar-refractivity contribution in [2.45, 2.75) is 6.92 Å². The third-order valence-corrected chi connectivity index (χ3v) is 3.85. The van der Waals surface area contributed by atoms with E-state index in [0.29, 0.717) is 27.5 Å². The summed E-state index contributed by atoms with van der Waals surface area (Å²) in [6.45, 7) is 1.76. The van der Waals surface area contributed by atoms with Crippen LogP contribution < -0.4 is 11.0 Å². The molecule has 2 N–H and O–H groups in total. The molecule has 0 aliphatic carbocycles. The number of amides is 1. The van der Waals surface area contributed by atoms with Crippen molar-refractivity contribution in [1.82, 2.24) is 15.2 Å². The van der Waals surface area contributed by atoms with Gasteiger partial charge in [-0.1, -0.05) is 29.8 Å². The molecule has 7 heteroatoms. The molecule has 0 spiro atoms. The Morgan fingerprint density at radius 3 is 2.52 bits per heavy atom. The van der Waals surface area contributed by atoms with Gasteiger partial charge in [0, 0.05) is 16.3 Å². The smallest absolute Gasteiger partial charge is 0.280 e. The number of hydrazone groups is 1. The van der Waals surface area contributed by atoms with Gasteiger partial charge in [0.05, 0.1) is 17.5 Å². The van der Waals surface area contributed by atoms with Gasteiger partial charge in [0.15, 0.2) is 0 Å². The van der Waals surface area contributed by atoms with Crippen molar-refractivity contribution >= 4 is 23.7 Å². The molecule has 3 aromatic rings. The van der Waals surface area contributed by atoms with Gasteiger partial charge >= 0.3 is 0 Å². The van der Waals surface area contributed by atoms with E-state index in [-0.39, 0.29) is 11.5 Å². The van der Waals surface area contributed by atoms with Gasteiger partial charge in [0.2, 0.25) is 0 Å². The molecular formula is C18H15ClN4O2. The zero-order valence-electron chi connectivity index (χ0n) is 13.4. The third kappa shape index (κ3) is 3.70. The SMILES string of the molecule is Cc1[nH]n(-c2ccc(Cl)cc2)c(=O)c1/C=N/NC(=O)c1ccccc1. The van der Waals surface area contributed by atoms with Crippen molar-refractivity contribution in [1.29, 1.82) is 0 Å². The maximum Gasteiger partial charge on any atom is 0.280 e. The molecule has 126 valence electrons. The molecular weight excluding hydrogens is 340 g/mol. The minimum absolute atomic E-state index is 0.266. The number of aromatic amines is 1. The number of carbonyl (C=O) groups is 1. The topological polar surface area (TPSA) is 79.2 Å². The van der Waals surface area contributed by atoms with Crippen LogP contribution in [0.3, 0.4) is 0 Å². The highest BCUT2D eigenvalue weighted by molar-refractivity contribution is 6.30. The number of aryl methyl sites for hydroxylation is 1. The average molecular weight is 355 g/mol. The van der Waals surface area contributed by atoms with Gasteiger partial charge in [0.1, 0.15) is 0 Å². The lowest BCUT2D eigenvalue weighted by Gasteiger charge is -2.00. The Hall–Kier alpha value is -3.12. The number of rotatable bonds is 4. The Kier molecular flexibility index (Phi) is 4.81. The van der Waals surface area contributed by atoms with Gasteiger partial charge in [-0.3, -0.25) is 14.7 Å². The third-order valence-electron chi connectivity index (χ3n) is 3.60. The van der Waals surface area contributed by atoms with Crippen LogP contribution in [0.2, 0.25) is 5.02 Å². The van der Waals surface area contributed by atoms with E-state index in [0.717, 1.165) is 0 Å². The number of benzene rings is 2. The number of nitrogens with one attached hydrogen (secondary N) is 2. The summed E-state index contributed by atoms with van der Waals surface area (Å²) in [6.07, 6.45) is 1.33. The predicted molar refractivity (Wildman–Crippen MR) is 97.6 cm³/mol. The van der Waals surface area contributed by atoms with Crippen LogP contribution in [-0.4, -0.2) is 21.9 Å². The first kappa shape index (κ1) is 16.7. The summed E-state index contributed by atoms with van der Waals surface area (Å²) in [5.74, 6) is -0.344. The van der Waals surface area contributed by atoms with Crippen molar-refractivity contribution in [3.8, 4) is 5.69 Å². The van der Waals surface area contributed by atoms with Crippen molar-refractivity contribution < 1.29 is 4.79 Å². The summed E-state index contributed by atoms with van der Waals surface area (Å²) in [4.78, 5) is 24.5. The lowest BCUT2D eigenvalue weighted by molar-refractivity contribution is 0.0955. The Labute approximate surface area is 148 Å². The molecule has 0 aliphatic heterocycles. The van der Waals surface area contributed by atoms with Crippen molar-refractivity contribution in [2.75, 3.05) is 0 Å². The minimum atomic E-state index is -0.344. The molecule has 0 aliphatic rings. The highest BCUT2D eigenvalue weighted by Crippen LogP contribution is 2.12. The number of nitrogens with zero attached hydrogens (tertiary/aromatic N) is 2. The van der Waals surface area contributed by atoms with E-state index in [1.807, 2.05) is 6.07 Å². The molecule has 1 heterocycles. The second-order valence-electron chi connectivity index (χ2n) is 5.33. The van der Waals surface area contributed by atoms with E-state index >= 15 is 0 Å². The second kappa shape index (κ2) is 7.19. The van der Waals surface area contributed by atoms with Crippen LogP contribution in [0.15, 0.2) is 64.5 Å². The summed E-state index contributed by atoms with van der Waals surface area (Å²) in [7, 11) is 0. The van der Waals surface area contributed by atoms with Crippen LogP contribution in [0.4, 0.5) is 0 Å². The first-order valence-corrected chi connectivity index (χ1v) is 7.90. The first-order valence-electron chi connectivity index (χ1n) is 7.52. The fourth-order valence-electron chi connectivity index (χ4n) is 2.29. The fourth-order valence-corrected chi connectivity index (χ4v) is 2.42. The zero-order chi connectivity index (χ0) is 17.8. The van der Waals surface area contributed by atoms with Crippen LogP contribution in [0.5, 0.6) is 0 Å². The maximum atomic E-state index is 12.5. The minimum Gasteiger partial charge on any atom is -0.295 e. The standard InChI is InChI=1S/C18H15ClN4O2/c1-12-16(11-20-21-17(24)13-5-3-2-4-6-13)18(25)23(22-12)15-9-7-14(19)8-10-15/h2-11,22H,1H3,(H,21,24)/b20-11+. The first-order chi connectivity index (χ1) is 12.1. The summed E-state index contributed by atoms with van der Waals surface area (Å²) >= 11 is 5.87. The van der Waals surface area contributed by atoms with E-state index in [1.54, 1.807) is 55.5 Å². The monoisotopic (exact) mass is 354 g/mol. The van der Waals surface area contributed by atoms with E-state index in [2.05, 4.69) is 15.6 Å². The number of carbonyl (C=O) groups excluding carboxylic acids is 1. The highest BCUT2D eigenvalue weighted by atomic mass is 35.5. The van der Waals surface area contributed by atoms with Gasteiger partial charge < -0.3 is 0 Å². The molecule has 0 bridgehead atoms. The Morgan fingerprint density at radius 1 is 1.16 bits per heavy atom. The Balaban J connectivity index is 1.80. The number of hydrogen-bond donors (Lipinski definition) is 2. The highest BCUT2D eigenvalue weighted by Gasteiger charge is 2.11. The molecule has 0 fully saturated rings. The maximum absolute atomic E-state index is 12.5. The van der Waals surface area contributed by atoms with Crippen LogP contribution in [0.25, 0.3) is 5.69 Å². The van der Waals surface area contributed by atoms with Crippen LogP contribution >= 0.6 is 11.6 Å². The molecule has 1 aromatic heterocycles. The van der Waals surface area contributed by atoms with Gasteiger partial charge in [-0.25, -0.2) is 10.1 Å². The van der Waals surface area contributed by atoms with E-state index in [9.17, 15) is 9.59 Å². The summed E-state index contributed by atoms with van der Waals surface area (Å²) in [6, 6.07) is 15.6. The molecule has 0 saturated carbocycles. The molecule has 25 heavy (non-hydrogen) atoms. The molecule has 0 radical (unpaired) electrons. The quantitative estimate of drug-likeness (QED) is 0.558.